The van der Waals surface area contributed by atoms with E-state index in [4.69, 9.17) is 0 Å². The van der Waals surface area contributed by atoms with Gasteiger partial charge in [0.25, 0.3) is 5.91 Å². The van der Waals surface area contributed by atoms with E-state index in [1.54, 1.807) is 13.1 Å². The van der Waals surface area contributed by atoms with Crippen molar-refractivity contribution in [1.82, 2.24) is 15.5 Å². The molecule has 0 saturated carbocycles. The van der Waals surface area contributed by atoms with Crippen LogP contribution in [0.25, 0.3) is 0 Å². The third-order valence-electron chi connectivity index (χ3n) is 2.67. The van der Waals surface area contributed by atoms with Crippen molar-refractivity contribution >= 4 is 51.5 Å². The summed E-state index contributed by atoms with van der Waals surface area (Å²) < 4.78 is 0.901. The molecule has 1 heterocycles. The van der Waals surface area contributed by atoms with Gasteiger partial charge in [0.2, 0.25) is 5.91 Å². The molecule has 0 fully saturated rings. The standard InChI is InChI=1S/C13H20BrN3O2S.ClH/c1-4-15-9(2)7-16-12(18)8-17(3)13(19)10-5-6-11(14)20-10;/h5-6,9,15H,4,7-8H2,1-3H3,(H,16,18);1H/t9-;/m1./s1. The van der Waals surface area contributed by atoms with Crippen LogP contribution in [0.15, 0.2) is 15.9 Å². The maximum absolute atomic E-state index is 12.1. The van der Waals surface area contributed by atoms with Crippen LogP contribution in [0, 0.1) is 0 Å². The largest absolute Gasteiger partial charge is 0.353 e. The Morgan fingerprint density at radius 2 is 2.10 bits per heavy atom. The summed E-state index contributed by atoms with van der Waals surface area (Å²) in [6.45, 7) is 5.50. The van der Waals surface area contributed by atoms with Crippen molar-refractivity contribution in [2.75, 3.05) is 26.7 Å². The lowest BCUT2D eigenvalue weighted by atomic mass is 10.3. The van der Waals surface area contributed by atoms with Gasteiger partial charge in [-0.1, -0.05) is 6.92 Å². The fourth-order valence-corrected chi connectivity index (χ4v) is 3.03. The van der Waals surface area contributed by atoms with Crippen LogP contribution in [0.5, 0.6) is 0 Å². The SMILES string of the molecule is CCN[C@H](C)CNC(=O)CN(C)C(=O)c1ccc(Br)s1.Cl. The van der Waals surface area contributed by atoms with Crippen LogP contribution in [0.1, 0.15) is 23.5 Å². The topological polar surface area (TPSA) is 61.4 Å². The molecule has 0 aliphatic rings. The monoisotopic (exact) mass is 397 g/mol. The summed E-state index contributed by atoms with van der Waals surface area (Å²) in [5.41, 5.74) is 0. The molecule has 0 radical (unpaired) electrons. The highest BCUT2D eigenvalue weighted by atomic mass is 79.9. The number of amides is 2. The number of carbonyl (C=O) groups excluding carboxylic acids is 2. The number of nitrogens with one attached hydrogen (secondary N) is 2. The van der Waals surface area contributed by atoms with Crippen LogP contribution in [0.4, 0.5) is 0 Å². The van der Waals surface area contributed by atoms with Crippen LogP contribution in [0.3, 0.4) is 0 Å². The van der Waals surface area contributed by atoms with E-state index in [1.807, 2.05) is 19.9 Å². The van der Waals surface area contributed by atoms with Crippen LogP contribution in [-0.2, 0) is 4.79 Å². The summed E-state index contributed by atoms with van der Waals surface area (Å²) >= 11 is 4.68. The Kier molecular flexibility index (Phi) is 9.85. The quantitative estimate of drug-likeness (QED) is 0.739. The summed E-state index contributed by atoms with van der Waals surface area (Å²) in [6, 6.07) is 3.79. The Morgan fingerprint density at radius 1 is 1.43 bits per heavy atom. The van der Waals surface area contributed by atoms with Gasteiger partial charge in [0, 0.05) is 19.6 Å². The van der Waals surface area contributed by atoms with E-state index < -0.39 is 0 Å². The first-order valence-electron chi connectivity index (χ1n) is 6.45. The van der Waals surface area contributed by atoms with Crippen molar-refractivity contribution in [3.63, 3.8) is 0 Å². The molecule has 0 saturated heterocycles. The third kappa shape index (κ3) is 7.26. The molecule has 0 bridgehead atoms. The lowest BCUT2D eigenvalue weighted by Gasteiger charge is -2.17. The lowest BCUT2D eigenvalue weighted by Crippen LogP contribution is -2.43. The minimum Gasteiger partial charge on any atom is -0.353 e. The van der Waals surface area contributed by atoms with Gasteiger partial charge in [-0.3, -0.25) is 9.59 Å². The molecule has 0 aromatic carbocycles. The molecule has 1 rings (SSSR count). The number of halogens is 2. The third-order valence-corrected chi connectivity index (χ3v) is 4.28. The molecular weight excluding hydrogens is 378 g/mol. The highest BCUT2D eigenvalue weighted by Gasteiger charge is 2.16. The van der Waals surface area contributed by atoms with E-state index in [0.717, 1.165) is 10.3 Å². The number of hydrogen-bond donors (Lipinski definition) is 2. The molecule has 2 amide bonds. The molecule has 1 atom stereocenters. The van der Waals surface area contributed by atoms with Crippen molar-refractivity contribution in [3.05, 3.63) is 20.8 Å². The van der Waals surface area contributed by atoms with Gasteiger partial charge in [-0.15, -0.1) is 23.7 Å². The first-order valence-corrected chi connectivity index (χ1v) is 8.05. The molecule has 0 unspecified atom stereocenters. The van der Waals surface area contributed by atoms with Crippen molar-refractivity contribution in [3.8, 4) is 0 Å². The minimum atomic E-state index is -0.152. The predicted molar refractivity (Wildman–Crippen MR) is 92.4 cm³/mol. The van der Waals surface area contributed by atoms with E-state index >= 15 is 0 Å². The second kappa shape index (κ2) is 10.2. The van der Waals surface area contributed by atoms with Crippen LogP contribution < -0.4 is 10.6 Å². The van der Waals surface area contributed by atoms with E-state index in [1.165, 1.54) is 16.2 Å². The molecule has 1 aromatic rings. The summed E-state index contributed by atoms with van der Waals surface area (Å²) in [7, 11) is 1.63. The number of likely N-dealkylation sites (N-methyl/N-ethyl adjacent to an activating group) is 2. The number of thiophene rings is 1. The van der Waals surface area contributed by atoms with Gasteiger partial charge < -0.3 is 15.5 Å². The Bertz CT molecular complexity index is 470. The van der Waals surface area contributed by atoms with Crippen LogP contribution in [-0.4, -0.2) is 49.4 Å². The van der Waals surface area contributed by atoms with E-state index in [-0.39, 0.29) is 36.8 Å². The average Bonchev–Trinajstić information content (AvgIpc) is 2.82. The van der Waals surface area contributed by atoms with E-state index in [2.05, 4.69) is 26.6 Å². The highest BCUT2D eigenvalue weighted by Crippen LogP contribution is 2.22. The molecule has 8 heteroatoms. The van der Waals surface area contributed by atoms with Gasteiger partial charge in [0.1, 0.15) is 0 Å². The summed E-state index contributed by atoms with van der Waals surface area (Å²) in [6.07, 6.45) is 0. The van der Waals surface area contributed by atoms with Crippen molar-refractivity contribution < 1.29 is 9.59 Å². The Labute approximate surface area is 144 Å². The maximum atomic E-state index is 12.1. The normalized spacial score (nSPS) is 11.4. The minimum absolute atomic E-state index is 0. The Hall–Kier alpha value is -0.630. The molecule has 0 aliphatic carbocycles. The Morgan fingerprint density at radius 3 is 2.62 bits per heavy atom. The molecule has 0 aliphatic heterocycles. The molecule has 2 N–H and O–H groups in total. The number of nitrogens with zero attached hydrogens (tertiary/aromatic N) is 1. The van der Waals surface area contributed by atoms with Gasteiger partial charge in [-0.25, -0.2) is 0 Å². The highest BCUT2D eigenvalue weighted by molar-refractivity contribution is 9.11. The Balaban J connectivity index is 0.00000400. The van der Waals surface area contributed by atoms with Gasteiger partial charge in [-0.05, 0) is 41.5 Å². The second-order valence-corrected chi connectivity index (χ2v) is 6.99. The van der Waals surface area contributed by atoms with Crippen molar-refractivity contribution in [1.29, 1.82) is 0 Å². The van der Waals surface area contributed by atoms with Gasteiger partial charge >= 0.3 is 0 Å². The van der Waals surface area contributed by atoms with Gasteiger partial charge in [0.15, 0.2) is 0 Å². The number of hydrogen-bond acceptors (Lipinski definition) is 4. The number of rotatable bonds is 7. The maximum Gasteiger partial charge on any atom is 0.264 e. The van der Waals surface area contributed by atoms with Crippen LogP contribution >= 0.6 is 39.7 Å². The molecule has 1 aromatic heterocycles. The molecule has 21 heavy (non-hydrogen) atoms. The van der Waals surface area contributed by atoms with E-state index in [9.17, 15) is 9.59 Å². The van der Waals surface area contributed by atoms with E-state index in [0.29, 0.717) is 11.4 Å². The van der Waals surface area contributed by atoms with Gasteiger partial charge in [-0.2, -0.15) is 0 Å². The smallest absolute Gasteiger partial charge is 0.264 e. The lowest BCUT2D eigenvalue weighted by molar-refractivity contribution is -0.121. The summed E-state index contributed by atoms with van der Waals surface area (Å²) in [5.74, 6) is -0.295. The van der Waals surface area contributed by atoms with Crippen molar-refractivity contribution in [2.24, 2.45) is 0 Å². The average molecular weight is 399 g/mol. The zero-order valence-corrected chi connectivity index (χ0v) is 15.5. The van der Waals surface area contributed by atoms with Crippen LogP contribution in [0.2, 0.25) is 0 Å². The van der Waals surface area contributed by atoms with Gasteiger partial charge in [0.05, 0.1) is 15.2 Å². The first kappa shape index (κ1) is 20.4. The molecule has 120 valence electrons. The zero-order valence-electron chi connectivity index (χ0n) is 12.3. The zero-order chi connectivity index (χ0) is 15.1. The summed E-state index contributed by atoms with van der Waals surface area (Å²) in [5, 5.41) is 6.02. The fourth-order valence-electron chi connectivity index (χ4n) is 1.65. The molecule has 5 nitrogen and oxygen atoms in total. The molecular formula is C13H21BrClN3O2S. The number of carbonyl (C=O) groups is 2. The fraction of sp³-hybridized carbons (Fsp3) is 0.538. The first-order chi connectivity index (χ1) is 9.43. The predicted octanol–water partition coefficient (Wildman–Crippen LogP) is 2.12. The van der Waals surface area contributed by atoms with Crippen molar-refractivity contribution in [2.45, 2.75) is 19.9 Å². The summed E-state index contributed by atoms with van der Waals surface area (Å²) in [4.78, 5) is 25.9. The second-order valence-electron chi connectivity index (χ2n) is 4.53. The molecule has 0 spiro atoms.